The molecular weight excluding hydrogens is 164 g/mol. The second-order valence-electron chi connectivity index (χ2n) is 3.71. The van der Waals surface area contributed by atoms with Crippen LogP contribution in [0.4, 0.5) is 0 Å². The molecule has 70 valence electrons. The van der Waals surface area contributed by atoms with Gasteiger partial charge in [0, 0.05) is 5.92 Å². The summed E-state index contributed by atoms with van der Waals surface area (Å²) in [6.07, 6.45) is 11.4. The predicted octanol–water partition coefficient (Wildman–Crippen LogP) is 2.40. The highest BCUT2D eigenvalue weighted by atomic mass is 16.4. The Labute approximate surface area is 78.3 Å². The third-order valence-electron chi connectivity index (χ3n) is 2.35. The smallest absolute Gasteiger partial charge is 0.309 e. The maximum Gasteiger partial charge on any atom is 0.309 e. The zero-order valence-electron chi connectivity index (χ0n) is 7.90. The number of aliphatic carboxylic acids is 1. The van der Waals surface area contributed by atoms with Gasteiger partial charge in [-0.25, -0.2) is 0 Å². The average Bonchev–Trinajstić information content (AvgIpc) is 2.31. The van der Waals surface area contributed by atoms with Crippen LogP contribution in [0, 0.1) is 11.3 Å². The first-order valence-electron chi connectivity index (χ1n) is 4.30. The molecule has 1 aliphatic rings. The standard InChI is InChI=1S/C11H14O2/c1-11(2,10(12)13)9-7-5-3-4-6-8-9/h3-9H,1-2H3,(H,12,13). The van der Waals surface area contributed by atoms with Gasteiger partial charge in [-0.15, -0.1) is 0 Å². The van der Waals surface area contributed by atoms with Gasteiger partial charge in [-0.2, -0.15) is 0 Å². The minimum Gasteiger partial charge on any atom is -0.481 e. The number of carboxylic acid groups (broad SMARTS) is 1. The van der Waals surface area contributed by atoms with E-state index < -0.39 is 11.4 Å². The van der Waals surface area contributed by atoms with E-state index in [0.29, 0.717) is 0 Å². The van der Waals surface area contributed by atoms with E-state index in [1.54, 1.807) is 13.8 Å². The SMILES string of the molecule is CC(C)(C(=O)O)C1C=CC=CC=C1. The van der Waals surface area contributed by atoms with Gasteiger partial charge in [0.05, 0.1) is 5.41 Å². The molecule has 0 bridgehead atoms. The van der Waals surface area contributed by atoms with Crippen LogP contribution in [0.15, 0.2) is 36.5 Å². The van der Waals surface area contributed by atoms with Crippen LogP contribution in [0.1, 0.15) is 13.8 Å². The number of allylic oxidation sites excluding steroid dienone is 6. The van der Waals surface area contributed by atoms with Crippen molar-refractivity contribution in [3.8, 4) is 0 Å². The summed E-state index contributed by atoms with van der Waals surface area (Å²) in [5.74, 6) is -0.811. The highest BCUT2D eigenvalue weighted by Gasteiger charge is 2.33. The molecule has 1 aliphatic carbocycles. The van der Waals surface area contributed by atoms with Crippen LogP contribution in [-0.2, 0) is 4.79 Å². The Hall–Kier alpha value is -1.31. The normalized spacial score (nSPS) is 17.4. The lowest BCUT2D eigenvalue weighted by Gasteiger charge is -2.24. The van der Waals surface area contributed by atoms with Crippen LogP contribution in [-0.4, -0.2) is 11.1 Å². The molecule has 13 heavy (non-hydrogen) atoms. The Morgan fingerprint density at radius 2 is 1.62 bits per heavy atom. The van der Waals surface area contributed by atoms with E-state index in [4.69, 9.17) is 5.11 Å². The molecule has 2 heteroatoms. The van der Waals surface area contributed by atoms with Crippen molar-refractivity contribution in [3.63, 3.8) is 0 Å². The molecule has 0 saturated carbocycles. The highest BCUT2D eigenvalue weighted by molar-refractivity contribution is 5.74. The fraction of sp³-hybridized carbons (Fsp3) is 0.364. The summed E-state index contributed by atoms with van der Waals surface area (Å²) in [5.41, 5.74) is -0.737. The van der Waals surface area contributed by atoms with Gasteiger partial charge in [0.25, 0.3) is 0 Å². The van der Waals surface area contributed by atoms with Crippen molar-refractivity contribution < 1.29 is 9.90 Å². The Kier molecular flexibility index (Phi) is 2.71. The highest BCUT2D eigenvalue weighted by Crippen LogP contribution is 2.30. The summed E-state index contributed by atoms with van der Waals surface area (Å²) in [5, 5.41) is 9.00. The molecule has 1 rings (SSSR count). The summed E-state index contributed by atoms with van der Waals surface area (Å²) in [6.45, 7) is 3.47. The van der Waals surface area contributed by atoms with Crippen molar-refractivity contribution in [1.29, 1.82) is 0 Å². The Balaban J connectivity index is 2.88. The van der Waals surface area contributed by atoms with E-state index in [0.717, 1.165) is 0 Å². The first-order valence-corrected chi connectivity index (χ1v) is 4.30. The lowest BCUT2D eigenvalue weighted by molar-refractivity contribution is -0.148. The van der Waals surface area contributed by atoms with Gasteiger partial charge < -0.3 is 5.11 Å². The molecule has 0 spiro atoms. The van der Waals surface area contributed by atoms with Crippen LogP contribution in [0.5, 0.6) is 0 Å². The molecule has 0 amide bonds. The molecule has 0 radical (unpaired) electrons. The third kappa shape index (κ3) is 2.08. The van der Waals surface area contributed by atoms with Crippen molar-refractivity contribution in [2.24, 2.45) is 11.3 Å². The number of carboxylic acids is 1. The molecule has 0 fully saturated rings. The largest absolute Gasteiger partial charge is 0.481 e. The molecule has 2 nitrogen and oxygen atoms in total. The van der Waals surface area contributed by atoms with Crippen molar-refractivity contribution in [1.82, 2.24) is 0 Å². The molecule has 0 aromatic heterocycles. The second kappa shape index (κ2) is 3.60. The lowest BCUT2D eigenvalue weighted by atomic mass is 9.78. The Morgan fingerprint density at radius 1 is 1.15 bits per heavy atom. The molecule has 1 N–H and O–H groups in total. The Morgan fingerprint density at radius 3 is 2.00 bits per heavy atom. The quantitative estimate of drug-likeness (QED) is 0.705. The summed E-state index contributed by atoms with van der Waals surface area (Å²) in [6, 6.07) is 0. The van der Waals surface area contributed by atoms with Crippen molar-refractivity contribution >= 4 is 5.97 Å². The summed E-state index contributed by atoms with van der Waals surface area (Å²) in [7, 11) is 0. The number of rotatable bonds is 2. The molecule has 0 saturated heterocycles. The monoisotopic (exact) mass is 178 g/mol. The maximum atomic E-state index is 10.9. The first kappa shape index (κ1) is 9.78. The molecule has 0 aromatic rings. The zero-order chi connectivity index (χ0) is 9.90. The van der Waals surface area contributed by atoms with Crippen LogP contribution >= 0.6 is 0 Å². The zero-order valence-corrected chi connectivity index (χ0v) is 7.90. The van der Waals surface area contributed by atoms with Gasteiger partial charge in [0.2, 0.25) is 0 Å². The van der Waals surface area contributed by atoms with E-state index in [1.807, 2.05) is 36.5 Å². The Bertz CT molecular complexity index is 266. The van der Waals surface area contributed by atoms with Gasteiger partial charge in [-0.3, -0.25) is 4.79 Å². The molecule has 0 aliphatic heterocycles. The molecule has 0 heterocycles. The van der Waals surface area contributed by atoms with Gasteiger partial charge in [0.15, 0.2) is 0 Å². The average molecular weight is 178 g/mol. The maximum absolute atomic E-state index is 10.9. The predicted molar refractivity (Wildman–Crippen MR) is 52.3 cm³/mol. The first-order chi connectivity index (χ1) is 6.05. The number of carbonyl (C=O) groups is 1. The van der Waals surface area contributed by atoms with E-state index in [2.05, 4.69) is 0 Å². The summed E-state index contributed by atoms with van der Waals surface area (Å²) >= 11 is 0. The minimum atomic E-state index is -0.770. The fourth-order valence-corrected chi connectivity index (χ4v) is 1.18. The molecular formula is C11H14O2. The van der Waals surface area contributed by atoms with Gasteiger partial charge in [-0.05, 0) is 13.8 Å². The van der Waals surface area contributed by atoms with Crippen molar-refractivity contribution in [2.75, 3.05) is 0 Å². The van der Waals surface area contributed by atoms with Gasteiger partial charge >= 0.3 is 5.97 Å². The molecule has 0 aromatic carbocycles. The minimum absolute atomic E-state index is 0.0417. The second-order valence-corrected chi connectivity index (χ2v) is 3.71. The van der Waals surface area contributed by atoms with Crippen molar-refractivity contribution in [2.45, 2.75) is 13.8 Å². The lowest BCUT2D eigenvalue weighted by Crippen LogP contribution is -2.30. The summed E-state index contributed by atoms with van der Waals surface area (Å²) < 4.78 is 0. The van der Waals surface area contributed by atoms with E-state index in [1.165, 1.54) is 0 Å². The fourth-order valence-electron chi connectivity index (χ4n) is 1.18. The van der Waals surface area contributed by atoms with Crippen LogP contribution in [0.2, 0.25) is 0 Å². The van der Waals surface area contributed by atoms with Crippen molar-refractivity contribution in [3.05, 3.63) is 36.5 Å². The molecule has 0 atom stereocenters. The number of hydrogen-bond acceptors (Lipinski definition) is 1. The van der Waals surface area contributed by atoms with Crippen LogP contribution in [0.25, 0.3) is 0 Å². The van der Waals surface area contributed by atoms with E-state index in [-0.39, 0.29) is 5.92 Å². The topological polar surface area (TPSA) is 37.3 Å². The third-order valence-corrected chi connectivity index (χ3v) is 2.35. The van der Waals surface area contributed by atoms with E-state index >= 15 is 0 Å². The van der Waals surface area contributed by atoms with Gasteiger partial charge in [0.1, 0.15) is 0 Å². The van der Waals surface area contributed by atoms with Crippen LogP contribution < -0.4 is 0 Å². The van der Waals surface area contributed by atoms with Crippen LogP contribution in [0.3, 0.4) is 0 Å². The summed E-state index contributed by atoms with van der Waals surface area (Å²) in [4.78, 5) is 10.9. The number of hydrogen-bond donors (Lipinski definition) is 1. The van der Waals surface area contributed by atoms with E-state index in [9.17, 15) is 4.79 Å². The van der Waals surface area contributed by atoms with Gasteiger partial charge in [-0.1, -0.05) is 36.5 Å². The molecule has 0 unspecified atom stereocenters.